The average molecular weight is 327 g/mol. The molecule has 2 heterocycles. The molecule has 0 aliphatic carbocycles. The number of hydrogen-bond acceptors (Lipinski definition) is 3. The van der Waals surface area contributed by atoms with Gasteiger partial charge in [-0.1, -0.05) is 24.6 Å². The van der Waals surface area contributed by atoms with Crippen molar-refractivity contribution in [1.29, 1.82) is 0 Å². The van der Waals surface area contributed by atoms with Crippen LogP contribution in [0.1, 0.15) is 18.2 Å². The molecule has 3 nitrogen and oxygen atoms in total. The van der Waals surface area contributed by atoms with E-state index in [-0.39, 0.29) is 0 Å². The third kappa shape index (κ3) is 3.21. The van der Waals surface area contributed by atoms with Gasteiger partial charge in [0.2, 0.25) is 0 Å². The lowest BCUT2D eigenvalue weighted by molar-refractivity contribution is 0.964. The van der Waals surface area contributed by atoms with E-state index < -0.39 is 0 Å². The van der Waals surface area contributed by atoms with Crippen LogP contribution in [0.5, 0.6) is 0 Å². The van der Waals surface area contributed by atoms with Crippen molar-refractivity contribution >= 4 is 33.3 Å². The van der Waals surface area contributed by atoms with Gasteiger partial charge >= 0.3 is 0 Å². The number of rotatable bonds is 4. The topological polar surface area (TPSA) is 37.8 Å². The second-order valence-electron chi connectivity index (χ2n) is 3.80. The Balaban J connectivity index is 2.11. The molecule has 0 saturated carbocycles. The van der Waals surface area contributed by atoms with Gasteiger partial charge < -0.3 is 5.32 Å². The van der Waals surface area contributed by atoms with E-state index in [1.165, 1.54) is 5.56 Å². The SMILES string of the molecule is CCc1cccnc1CNc1ncc(Br)cc1Cl. The highest BCUT2D eigenvalue weighted by atomic mass is 79.9. The van der Waals surface area contributed by atoms with Gasteiger partial charge in [0.1, 0.15) is 5.82 Å². The molecule has 0 aliphatic heterocycles. The standard InChI is InChI=1S/C13H13BrClN3/c1-2-9-4-3-5-16-12(9)8-18-13-11(15)6-10(14)7-17-13/h3-7H,2,8H2,1H3,(H,17,18). The molecule has 0 amide bonds. The van der Waals surface area contributed by atoms with Gasteiger partial charge in [-0.2, -0.15) is 0 Å². The minimum absolute atomic E-state index is 0.596. The lowest BCUT2D eigenvalue weighted by Gasteiger charge is -2.09. The number of anilines is 1. The van der Waals surface area contributed by atoms with Crippen molar-refractivity contribution in [1.82, 2.24) is 9.97 Å². The molecule has 1 N–H and O–H groups in total. The van der Waals surface area contributed by atoms with Crippen LogP contribution < -0.4 is 5.32 Å². The Morgan fingerprint density at radius 1 is 1.39 bits per heavy atom. The molecule has 0 atom stereocenters. The van der Waals surface area contributed by atoms with Gasteiger partial charge in [0.15, 0.2) is 0 Å². The van der Waals surface area contributed by atoms with Crippen LogP contribution in [0.15, 0.2) is 35.1 Å². The van der Waals surface area contributed by atoms with Crippen molar-refractivity contribution in [3.05, 3.63) is 51.3 Å². The van der Waals surface area contributed by atoms with Crippen LogP contribution in [0.3, 0.4) is 0 Å². The number of halogens is 2. The highest BCUT2D eigenvalue weighted by Gasteiger charge is 2.05. The normalized spacial score (nSPS) is 10.4. The summed E-state index contributed by atoms with van der Waals surface area (Å²) in [6.07, 6.45) is 4.48. The molecule has 0 aliphatic rings. The summed E-state index contributed by atoms with van der Waals surface area (Å²) in [4.78, 5) is 8.60. The largest absolute Gasteiger partial charge is 0.363 e. The van der Waals surface area contributed by atoms with E-state index in [9.17, 15) is 0 Å². The molecule has 0 bridgehead atoms. The molecule has 0 radical (unpaired) electrons. The zero-order valence-corrected chi connectivity index (χ0v) is 12.3. The predicted molar refractivity (Wildman–Crippen MR) is 77.9 cm³/mol. The smallest absolute Gasteiger partial charge is 0.145 e. The van der Waals surface area contributed by atoms with Crippen LogP contribution in [0, 0.1) is 0 Å². The molecule has 5 heteroatoms. The summed E-state index contributed by atoms with van der Waals surface area (Å²) in [5.74, 6) is 0.674. The first kappa shape index (κ1) is 13.3. The molecule has 2 aromatic rings. The van der Waals surface area contributed by atoms with Gasteiger partial charge in [0, 0.05) is 16.9 Å². The van der Waals surface area contributed by atoms with Crippen LogP contribution in [-0.4, -0.2) is 9.97 Å². The minimum Gasteiger partial charge on any atom is -0.363 e. The Labute approximate surface area is 120 Å². The number of hydrogen-bond donors (Lipinski definition) is 1. The van der Waals surface area contributed by atoms with E-state index in [1.807, 2.05) is 12.1 Å². The van der Waals surface area contributed by atoms with Crippen molar-refractivity contribution in [3.8, 4) is 0 Å². The maximum absolute atomic E-state index is 6.09. The van der Waals surface area contributed by atoms with Crippen molar-refractivity contribution in [3.63, 3.8) is 0 Å². The number of pyridine rings is 2. The maximum Gasteiger partial charge on any atom is 0.145 e. The average Bonchev–Trinajstić information content (AvgIpc) is 2.38. The lowest BCUT2D eigenvalue weighted by Crippen LogP contribution is -2.06. The molecule has 2 rings (SSSR count). The van der Waals surface area contributed by atoms with E-state index in [2.05, 4.69) is 44.2 Å². The maximum atomic E-state index is 6.09. The van der Waals surface area contributed by atoms with E-state index >= 15 is 0 Å². The lowest BCUT2D eigenvalue weighted by atomic mass is 10.1. The van der Waals surface area contributed by atoms with Crippen LogP contribution in [0.25, 0.3) is 0 Å². The van der Waals surface area contributed by atoms with Gasteiger partial charge in [-0.15, -0.1) is 0 Å². The van der Waals surface area contributed by atoms with Crippen LogP contribution >= 0.6 is 27.5 Å². The molecular weight excluding hydrogens is 314 g/mol. The summed E-state index contributed by atoms with van der Waals surface area (Å²) in [7, 11) is 0. The second-order valence-corrected chi connectivity index (χ2v) is 5.12. The molecular formula is C13H13BrClN3. The first-order valence-corrected chi connectivity index (χ1v) is 6.85. The Morgan fingerprint density at radius 2 is 2.22 bits per heavy atom. The predicted octanol–water partition coefficient (Wildman–Crippen LogP) is 4.07. The summed E-state index contributed by atoms with van der Waals surface area (Å²) in [6.45, 7) is 2.74. The summed E-state index contributed by atoms with van der Waals surface area (Å²) in [5.41, 5.74) is 2.26. The molecule has 94 valence electrons. The van der Waals surface area contributed by atoms with Crippen LogP contribution in [0.4, 0.5) is 5.82 Å². The van der Waals surface area contributed by atoms with Crippen molar-refractivity contribution in [2.45, 2.75) is 19.9 Å². The van der Waals surface area contributed by atoms with Crippen LogP contribution in [0.2, 0.25) is 5.02 Å². The van der Waals surface area contributed by atoms with E-state index in [0.29, 0.717) is 17.4 Å². The van der Waals surface area contributed by atoms with Gasteiger partial charge in [0.25, 0.3) is 0 Å². The molecule has 0 spiro atoms. The van der Waals surface area contributed by atoms with E-state index in [1.54, 1.807) is 12.4 Å². The minimum atomic E-state index is 0.596. The third-order valence-electron chi connectivity index (χ3n) is 2.60. The Hall–Kier alpha value is -1.13. The van der Waals surface area contributed by atoms with Crippen molar-refractivity contribution in [2.24, 2.45) is 0 Å². The molecule has 18 heavy (non-hydrogen) atoms. The number of aryl methyl sites for hydroxylation is 1. The fourth-order valence-corrected chi connectivity index (χ4v) is 2.36. The van der Waals surface area contributed by atoms with Gasteiger partial charge in [-0.25, -0.2) is 4.98 Å². The van der Waals surface area contributed by atoms with Crippen LogP contribution in [-0.2, 0) is 13.0 Å². The first-order chi connectivity index (χ1) is 8.70. The number of nitrogens with zero attached hydrogens (tertiary/aromatic N) is 2. The summed E-state index contributed by atoms with van der Waals surface area (Å²) < 4.78 is 0.866. The summed E-state index contributed by atoms with van der Waals surface area (Å²) in [5, 5.41) is 3.80. The first-order valence-electron chi connectivity index (χ1n) is 5.68. The van der Waals surface area contributed by atoms with E-state index in [0.717, 1.165) is 16.6 Å². The fourth-order valence-electron chi connectivity index (χ4n) is 1.66. The molecule has 0 fully saturated rings. The summed E-state index contributed by atoms with van der Waals surface area (Å²) >= 11 is 9.42. The van der Waals surface area contributed by atoms with Gasteiger partial charge in [-0.05, 0) is 40.0 Å². The molecule has 0 saturated heterocycles. The summed E-state index contributed by atoms with van der Waals surface area (Å²) in [6, 6.07) is 5.85. The van der Waals surface area contributed by atoms with Crippen molar-refractivity contribution < 1.29 is 0 Å². The molecule has 0 aromatic carbocycles. The zero-order valence-electron chi connectivity index (χ0n) is 9.95. The van der Waals surface area contributed by atoms with Gasteiger partial charge in [-0.3, -0.25) is 4.98 Å². The van der Waals surface area contributed by atoms with Gasteiger partial charge in [0.05, 0.1) is 17.3 Å². The number of nitrogens with one attached hydrogen (secondary N) is 1. The Morgan fingerprint density at radius 3 is 2.94 bits per heavy atom. The zero-order chi connectivity index (χ0) is 13.0. The third-order valence-corrected chi connectivity index (χ3v) is 3.32. The monoisotopic (exact) mass is 325 g/mol. The van der Waals surface area contributed by atoms with Crippen molar-refractivity contribution in [2.75, 3.05) is 5.32 Å². The fraction of sp³-hybridized carbons (Fsp3) is 0.231. The number of aromatic nitrogens is 2. The quantitative estimate of drug-likeness (QED) is 0.920. The highest BCUT2D eigenvalue weighted by Crippen LogP contribution is 2.23. The Kier molecular flexibility index (Phi) is 4.55. The molecule has 2 aromatic heterocycles. The van der Waals surface area contributed by atoms with E-state index in [4.69, 9.17) is 11.6 Å². The Bertz CT molecular complexity index is 546. The second kappa shape index (κ2) is 6.16. The molecule has 0 unspecified atom stereocenters. The highest BCUT2D eigenvalue weighted by molar-refractivity contribution is 9.10.